The first-order valence-electron chi connectivity index (χ1n) is 4.85. The second kappa shape index (κ2) is 4.36. The zero-order valence-electron chi connectivity index (χ0n) is 9.72. The number of nitrogens with zero attached hydrogens (tertiary/aromatic N) is 1. The molecule has 0 saturated carbocycles. The Morgan fingerprint density at radius 3 is 2.41 bits per heavy atom. The van der Waals surface area contributed by atoms with Crippen molar-refractivity contribution >= 4 is 9.84 Å². The van der Waals surface area contributed by atoms with Crippen LogP contribution in [0.3, 0.4) is 0 Å². The van der Waals surface area contributed by atoms with Gasteiger partial charge in [-0.3, -0.25) is 14.3 Å². The van der Waals surface area contributed by atoms with E-state index in [1.54, 1.807) is 0 Å². The fraction of sp³-hybridized carbons (Fsp3) is 0.556. The van der Waals surface area contributed by atoms with Gasteiger partial charge in [-0.25, -0.2) is 13.2 Å². The molecule has 0 fully saturated rings. The number of H-pyrrole nitrogens is 1. The number of nitrogens with one attached hydrogen (secondary N) is 1. The summed E-state index contributed by atoms with van der Waals surface area (Å²) >= 11 is 0. The average molecular weight is 262 g/mol. The van der Waals surface area contributed by atoms with E-state index in [0.717, 1.165) is 10.8 Å². The van der Waals surface area contributed by atoms with E-state index < -0.39 is 33.0 Å². The van der Waals surface area contributed by atoms with E-state index >= 15 is 0 Å². The van der Waals surface area contributed by atoms with Gasteiger partial charge in [-0.2, -0.15) is 0 Å². The maximum absolute atomic E-state index is 11.5. The molecule has 1 aromatic rings. The summed E-state index contributed by atoms with van der Waals surface area (Å²) in [6.45, 7) is 2.82. The molecule has 0 aliphatic carbocycles. The second-order valence-electron chi connectivity index (χ2n) is 4.02. The Hall–Kier alpha value is -1.57. The molecule has 17 heavy (non-hydrogen) atoms. The number of hydrogen-bond donors (Lipinski definition) is 2. The highest BCUT2D eigenvalue weighted by atomic mass is 32.2. The van der Waals surface area contributed by atoms with Crippen molar-refractivity contribution in [1.29, 1.82) is 0 Å². The van der Waals surface area contributed by atoms with Gasteiger partial charge in [-0.05, 0) is 13.8 Å². The largest absolute Gasteiger partial charge is 0.494 e. The van der Waals surface area contributed by atoms with Gasteiger partial charge in [-0.1, -0.05) is 0 Å². The molecule has 1 rings (SSSR count). The van der Waals surface area contributed by atoms with Crippen molar-refractivity contribution in [3.05, 3.63) is 26.4 Å². The Balaban J connectivity index is 3.38. The number of aromatic nitrogens is 2. The molecule has 2 N–H and O–H groups in total. The van der Waals surface area contributed by atoms with Crippen molar-refractivity contribution in [1.82, 2.24) is 9.55 Å². The molecule has 96 valence electrons. The lowest BCUT2D eigenvalue weighted by Crippen LogP contribution is -2.35. The monoisotopic (exact) mass is 262 g/mol. The maximum atomic E-state index is 11.5. The fourth-order valence-electron chi connectivity index (χ4n) is 1.55. The zero-order valence-corrected chi connectivity index (χ0v) is 10.5. The summed E-state index contributed by atoms with van der Waals surface area (Å²) in [6, 6.07) is -0.756. The summed E-state index contributed by atoms with van der Waals surface area (Å²) in [5.74, 6) is -0.804. The predicted molar refractivity (Wildman–Crippen MR) is 62.1 cm³/mol. The number of sulfone groups is 1. The average Bonchev–Trinajstić information content (AvgIpc) is 2.11. The molecular weight excluding hydrogens is 248 g/mol. The lowest BCUT2D eigenvalue weighted by atomic mass is 10.3. The Kier molecular flexibility index (Phi) is 3.46. The van der Waals surface area contributed by atoms with Gasteiger partial charge in [-0.15, -0.1) is 0 Å². The van der Waals surface area contributed by atoms with E-state index in [-0.39, 0.29) is 11.3 Å². The highest BCUT2D eigenvalue weighted by Gasteiger charge is 2.19. The zero-order chi connectivity index (χ0) is 13.4. The minimum absolute atomic E-state index is 0.0232. The van der Waals surface area contributed by atoms with Crippen molar-refractivity contribution in [3.8, 4) is 5.88 Å². The SMILES string of the molecule is Cc1c(O)n(C(C)CS(C)(=O)=O)c(=O)[nH]c1=O. The number of aromatic amines is 1. The summed E-state index contributed by atoms with van der Waals surface area (Å²) in [6.07, 6.45) is 1.03. The third-order valence-corrected chi connectivity index (χ3v) is 3.42. The lowest BCUT2D eigenvalue weighted by Gasteiger charge is -2.16. The molecule has 0 aliphatic rings. The molecule has 1 aromatic heterocycles. The van der Waals surface area contributed by atoms with Gasteiger partial charge in [0, 0.05) is 6.26 Å². The van der Waals surface area contributed by atoms with Gasteiger partial charge >= 0.3 is 5.69 Å². The van der Waals surface area contributed by atoms with Crippen LogP contribution in [-0.4, -0.2) is 35.1 Å². The number of aromatic hydroxyl groups is 1. The molecule has 0 bridgehead atoms. The molecule has 0 saturated heterocycles. The molecule has 0 spiro atoms. The van der Waals surface area contributed by atoms with Crippen molar-refractivity contribution in [2.45, 2.75) is 19.9 Å². The smallest absolute Gasteiger partial charge is 0.331 e. The summed E-state index contributed by atoms with van der Waals surface area (Å²) in [4.78, 5) is 24.7. The maximum Gasteiger partial charge on any atom is 0.331 e. The Morgan fingerprint density at radius 2 is 1.94 bits per heavy atom. The first kappa shape index (κ1) is 13.5. The Labute approximate surface area is 97.6 Å². The van der Waals surface area contributed by atoms with Gasteiger partial charge in [0.05, 0.1) is 17.4 Å². The van der Waals surface area contributed by atoms with Gasteiger partial charge in [0.25, 0.3) is 5.56 Å². The Morgan fingerprint density at radius 1 is 1.41 bits per heavy atom. The van der Waals surface area contributed by atoms with Crippen molar-refractivity contribution in [3.63, 3.8) is 0 Å². The van der Waals surface area contributed by atoms with Crippen molar-refractivity contribution in [2.24, 2.45) is 0 Å². The normalized spacial score (nSPS) is 13.6. The molecule has 1 unspecified atom stereocenters. The summed E-state index contributed by atoms with van der Waals surface area (Å²) < 4.78 is 23.1. The van der Waals surface area contributed by atoms with Gasteiger partial charge in [0.1, 0.15) is 9.84 Å². The van der Waals surface area contributed by atoms with Crippen molar-refractivity contribution < 1.29 is 13.5 Å². The number of rotatable bonds is 3. The molecule has 7 nitrogen and oxygen atoms in total. The van der Waals surface area contributed by atoms with Gasteiger partial charge in [0.15, 0.2) is 0 Å². The third-order valence-electron chi connectivity index (χ3n) is 2.33. The predicted octanol–water partition coefficient (Wildman–Crippen LogP) is -0.844. The first-order valence-corrected chi connectivity index (χ1v) is 6.91. The molecule has 0 aliphatic heterocycles. The Bertz CT molecular complexity index is 640. The topological polar surface area (TPSA) is 109 Å². The molecule has 1 atom stereocenters. The van der Waals surface area contributed by atoms with Crippen LogP contribution in [0.15, 0.2) is 9.59 Å². The minimum atomic E-state index is -3.29. The van der Waals surface area contributed by atoms with Crippen LogP contribution in [0.2, 0.25) is 0 Å². The molecule has 8 heteroatoms. The standard InChI is InChI=1S/C9H14N2O5S/c1-5(4-17(3,15)16)11-8(13)6(2)7(12)10-9(11)14/h5,13H,4H2,1-3H3,(H,10,12,14). The van der Waals surface area contributed by atoms with E-state index in [4.69, 9.17) is 0 Å². The van der Waals surface area contributed by atoms with E-state index in [2.05, 4.69) is 0 Å². The fourth-order valence-corrected chi connectivity index (χ4v) is 2.58. The molecular formula is C9H14N2O5S. The molecule has 0 aromatic carbocycles. The highest BCUT2D eigenvalue weighted by Crippen LogP contribution is 2.15. The highest BCUT2D eigenvalue weighted by molar-refractivity contribution is 7.90. The van der Waals surface area contributed by atoms with Crippen LogP contribution < -0.4 is 11.2 Å². The van der Waals surface area contributed by atoms with Gasteiger partial charge in [0.2, 0.25) is 5.88 Å². The van der Waals surface area contributed by atoms with Crippen LogP contribution in [0.25, 0.3) is 0 Å². The summed E-state index contributed by atoms with van der Waals surface area (Å²) in [7, 11) is -3.29. The molecule has 0 radical (unpaired) electrons. The summed E-state index contributed by atoms with van der Waals surface area (Å²) in [5, 5.41) is 9.67. The van der Waals surface area contributed by atoms with Crippen LogP contribution in [0, 0.1) is 6.92 Å². The third kappa shape index (κ3) is 2.96. The minimum Gasteiger partial charge on any atom is -0.494 e. The second-order valence-corrected chi connectivity index (χ2v) is 6.20. The van der Waals surface area contributed by atoms with Crippen LogP contribution >= 0.6 is 0 Å². The van der Waals surface area contributed by atoms with Crippen LogP contribution in [0.4, 0.5) is 0 Å². The van der Waals surface area contributed by atoms with E-state index in [0.29, 0.717) is 0 Å². The van der Waals surface area contributed by atoms with E-state index in [9.17, 15) is 23.1 Å². The van der Waals surface area contributed by atoms with Crippen LogP contribution in [0.1, 0.15) is 18.5 Å². The number of hydrogen-bond acceptors (Lipinski definition) is 5. The van der Waals surface area contributed by atoms with Crippen LogP contribution in [0.5, 0.6) is 5.88 Å². The van der Waals surface area contributed by atoms with Gasteiger partial charge < -0.3 is 5.11 Å². The first-order chi connectivity index (χ1) is 7.63. The quantitative estimate of drug-likeness (QED) is 0.738. The summed E-state index contributed by atoms with van der Waals surface area (Å²) in [5.41, 5.74) is -1.53. The van der Waals surface area contributed by atoms with E-state index in [1.165, 1.54) is 13.8 Å². The molecule has 1 heterocycles. The van der Waals surface area contributed by atoms with Crippen molar-refractivity contribution in [2.75, 3.05) is 12.0 Å². The lowest BCUT2D eigenvalue weighted by molar-refractivity contribution is 0.377. The van der Waals surface area contributed by atoms with E-state index in [1.807, 2.05) is 4.98 Å². The van der Waals surface area contributed by atoms with Crippen LogP contribution in [-0.2, 0) is 9.84 Å². The molecule has 0 amide bonds.